The van der Waals surface area contributed by atoms with Crippen LogP contribution in [-0.4, -0.2) is 28.2 Å². The van der Waals surface area contributed by atoms with E-state index in [1.807, 2.05) is 0 Å². The van der Waals surface area contributed by atoms with E-state index in [0.717, 1.165) is 25.7 Å². The number of rotatable bonds is 3. The van der Waals surface area contributed by atoms with E-state index in [1.54, 1.807) is 0 Å². The van der Waals surface area contributed by atoms with E-state index in [9.17, 15) is 4.79 Å². The summed E-state index contributed by atoms with van der Waals surface area (Å²) < 4.78 is 0. The van der Waals surface area contributed by atoms with Gasteiger partial charge in [-0.25, -0.2) is 0 Å². The molecule has 0 saturated heterocycles. The van der Waals surface area contributed by atoms with Crippen molar-refractivity contribution in [2.45, 2.75) is 37.9 Å². The minimum atomic E-state index is -1.23. The van der Waals surface area contributed by atoms with E-state index in [1.165, 1.54) is 0 Å². The van der Waals surface area contributed by atoms with Crippen LogP contribution in [0.2, 0.25) is 5.82 Å². The molecule has 1 fully saturated rings. The SMILES string of the molecule is O=C(O)CC1CCC(B(O)O)CC1. The van der Waals surface area contributed by atoms with Gasteiger partial charge in [0.2, 0.25) is 0 Å². The van der Waals surface area contributed by atoms with E-state index in [2.05, 4.69) is 0 Å². The summed E-state index contributed by atoms with van der Waals surface area (Å²) in [6.07, 6.45) is 3.28. The van der Waals surface area contributed by atoms with Gasteiger partial charge in [-0.05, 0) is 11.7 Å². The summed E-state index contributed by atoms with van der Waals surface area (Å²) in [5, 5.41) is 26.3. The third-order valence-corrected chi connectivity index (χ3v) is 2.78. The molecule has 1 rings (SSSR count). The summed E-state index contributed by atoms with van der Waals surface area (Å²) in [6.45, 7) is 0. The van der Waals surface area contributed by atoms with Gasteiger partial charge in [0.25, 0.3) is 0 Å². The van der Waals surface area contributed by atoms with E-state index in [0.29, 0.717) is 0 Å². The van der Waals surface area contributed by atoms with Crippen LogP contribution in [-0.2, 0) is 4.79 Å². The van der Waals surface area contributed by atoms with Crippen LogP contribution in [0.3, 0.4) is 0 Å². The van der Waals surface area contributed by atoms with Gasteiger partial charge in [0.05, 0.1) is 0 Å². The fraction of sp³-hybridized carbons (Fsp3) is 0.875. The largest absolute Gasteiger partial charge is 0.481 e. The van der Waals surface area contributed by atoms with Gasteiger partial charge in [0.1, 0.15) is 0 Å². The second kappa shape index (κ2) is 4.62. The van der Waals surface area contributed by atoms with Crippen molar-refractivity contribution < 1.29 is 19.9 Å². The first kappa shape index (κ1) is 10.5. The molecule has 3 N–H and O–H groups in total. The highest BCUT2D eigenvalue weighted by molar-refractivity contribution is 6.43. The molecule has 74 valence electrons. The predicted octanol–water partition coefficient (Wildman–Crippen LogP) is 0.494. The lowest BCUT2D eigenvalue weighted by atomic mass is 9.63. The maximum Gasteiger partial charge on any atom is 0.454 e. The van der Waals surface area contributed by atoms with Crippen LogP contribution in [0.1, 0.15) is 32.1 Å². The first-order valence-electron chi connectivity index (χ1n) is 4.67. The number of carboxylic acids is 1. The van der Waals surface area contributed by atoms with Crippen molar-refractivity contribution in [3.05, 3.63) is 0 Å². The Morgan fingerprint density at radius 3 is 2.15 bits per heavy atom. The Hall–Kier alpha value is -0.545. The normalized spacial score (nSPS) is 28.5. The molecular weight excluding hydrogens is 171 g/mol. The molecule has 13 heavy (non-hydrogen) atoms. The minimum absolute atomic E-state index is 0.0509. The number of carbonyl (C=O) groups is 1. The van der Waals surface area contributed by atoms with Crippen molar-refractivity contribution in [3.8, 4) is 0 Å². The second-order valence-electron chi connectivity index (χ2n) is 3.79. The molecule has 1 saturated carbocycles. The topological polar surface area (TPSA) is 77.8 Å². The Kier molecular flexibility index (Phi) is 3.75. The van der Waals surface area contributed by atoms with Crippen LogP contribution in [0.4, 0.5) is 0 Å². The smallest absolute Gasteiger partial charge is 0.454 e. The highest BCUT2D eigenvalue weighted by atomic mass is 16.4. The fourth-order valence-corrected chi connectivity index (χ4v) is 1.94. The highest BCUT2D eigenvalue weighted by Crippen LogP contribution is 2.34. The van der Waals surface area contributed by atoms with Gasteiger partial charge < -0.3 is 15.2 Å². The molecule has 1 aliphatic carbocycles. The lowest BCUT2D eigenvalue weighted by Gasteiger charge is -2.26. The van der Waals surface area contributed by atoms with Crippen molar-refractivity contribution in [2.24, 2.45) is 5.92 Å². The summed E-state index contributed by atoms with van der Waals surface area (Å²) in [4.78, 5) is 10.4. The molecule has 1 aliphatic rings. The third kappa shape index (κ3) is 3.36. The Bertz CT molecular complexity index is 175. The third-order valence-electron chi connectivity index (χ3n) is 2.78. The zero-order valence-corrected chi connectivity index (χ0v) is 7.52. The number of hydrogen-bond acceptors (Lipinski definition) is 3. The first-order valence-corrected chi connectivity index (χ1v) is 4.67. The van der Waals surface area contributed by atoms with Gasteiger partial charge in [-0.2, -0.15) is 0 Å². The second-order valence-corrected chi connectivity index (χ2v) is 3.79. The summed E-state index contributed by atoms with van der Waals surface area (Å²) in [5.74, 6) is -0.578. The first-order chi connectivity index (χ1) is 6.09. The van der Waals surface area contributed by atoms with E-state index in [-0.39, 0.29) is 18.2 Å². The zero-order valence-electron chi connectivity index (χ0n) is 7.52. The number of hydrogen-bond donors (Lipinski definition) is 3. The summed E-state index contributed by atoms with van der Waals surface area (Å²) >= 11 is 0. The zero-order chi connectivity index (χ0) is 9.84. The van der Waals surface area contributed by atoms with Crippen LogP contribution < -0.4 is 0 Å². The van der Waals surface area contributed by atoms with Crippen LogP contribution in [0.25, 0.3) is 0 Å². The van der Waals surface area contributed by atoms with E-state index < -0.39 is 13.1 Å². The molecule has 0 aromatic heterocycles. The van der Waals surface area contributed by atoms with Crippen molar-refractivity contribution in [3.63, 3.8) is 0 Å². The highest BCUT2D eigenvalue weighted by Gasteiger charge is 2.29. The van der Waals surface area contributed by atoms with Crippen molar-refractivity contribution in [1.29, 1.82) is 0 Å². The molecule has 0 amide bonds. The summed E-state index contributed by atoms with van der Waals surface area (Å²) in [6, 6.07) is 0. The Morgan fingerprint density at radius 1 is 1.23 bits per heavy atom. The van der Waals surface area contributed by atoms with Crippen molar-refractivity contribution in [1.82, 2.24) is 0 Å². The molecule has 0 aromatic carbocycles. The predicted molar refractivity (Wildman–Crippen MR) is 48.2 cm³/mol. The van der Waals surface area contributed by atoms with E-state index in [4.69, 9.17) is 15.2 Å². The van der Waals surface area contributed by atoms with Crippen molar-refractivity contribution >= 4 is 13.1 Å². The van der Waals surface area contributed by atoms with Gasteiger partial charge in [-0.1, -0.05) is 25.7 Å². The minimum Gasteiger partial charge on any atom is -0.481 e. The maximum atomic E-state index is 10.4. The molecule has 0 bridgehead atoms. The average Bonchev–Trinajstić information content (AvgIpc) is 2.04. The Labute approximate surface area is 77.7 Å². The monoisotopic (exact) mass is 186 g/mol. The Morgan fingerprint density at radius 2 is 1.77 bits per heavy atom. The molecular formula is C8H15BO4. The van der Waals surface area contributed by atoms with Crippen LogP contribution >= 0.6 is 0 Å². The standard InChI is InChI=1S/C8H15BO4/c10-8(11)5-6-1-3-7(4-2-6)9(12)13/h6-7,12-13H,1-5H2,(H,10,11). The molecule has 0 unspecified atom stereocenters. The van der Waals surface area contributed by atoms with E-state index >= 15 is 0 Å². The quantitative estimate of drug-likeness (QED) is 0.560. The molecule has 0 heterocycles. The van der Waals surface area contributed by atoms with Gasteiger partial charge in [0.15, 0.2) is 0 Å². The van der Waals surface area contributed by atoms with Gasteiger partial charge >= 0.3 is 13.1 Å². The molecule has 0 radical (unpaired) electrons. The molecule has 4 nitrogen and oxygen atoms in total. The fourth-order valence-electron chi connectivity index (χ4n) is 1.94. The molecule has 0 spiro atoms. The summed E-state index contributed by atoms with van der Waals surface area (Å²) in [5.41, 5.74) is 0. The maximum absolute atomic E-state index is 10.4. The van der Waals surface area contributed by atoms with Crippen molar-refractivity contribution in [2.75, 3.05) is 0 Å². The lowest BCUT2D eigenvalue weighted by Crippen LogP contribution is -2.25. The number of carboxylic acid groups (broad SMARTS) is 1. The number of aliphatic carboxylic acids is 1. The van der Waals surface area contributed by atoms with Crippen LogP contribution in [0, 0.1) is 5.92 Å². The van der Waals surface area contributed by atoms with Gasteiger partial charge in [-0.15, -0.1) is 0 Å². The molecule has 5 heteroatoms. The molecule has 0 aromatic rings. The lowest BCUT2D eigenvalue weighted by molar-refractivity contribution is -0.138. The molecule has 0 aliphatic heterocycles. The van der Waals surface area contributed by atoms with Crippen LogP contribution in [0.5, 0.6) is 0 Å². The van der Waals surface area contributed by atoms with Crippen LogP contribution in [0.15, 0.2) is 0 Å². The van der Waals surface area contributed by atoms with Gasteiger partial charge in [0, 0.05) is 6.42 Å². The Balaban J connectivity index is 2.26. The summed E-state index contributed by atoms with van der Waals surface area (Å²) in [7, 11) is -1.23. The van der Waals surface area contributed by atoms with Gasteiger partial charge in [-0.3, -0.25) is 4.79 Å². The average molecular weight is 186 g/mol. The molecule has 0 atom stereocenters.